The molecule has 10 rings (SSSR count). The van der Waals surface area contributed by atoms with Crippen LogP contribution < -0.4 is 10.6 Å². The molecule has 2 fully saturated rings. The number of imide groups is 1. The Kier molecular flexibility index (Phi) is 13.6. The van der Waals surface area contributed by atoms with Gasteiger partial charge in [0.25, 0.3) is 11.8 Å². The van der Waals surface area contributed by atoms with Gasteiger partial charge in [-0.15, -0.1) is 0 Å². The van der Waals surface area contributed by atoms with Crippen molar-refractivity contribution in [1.82, 2.24) is 39.9 Å². The molecule has 13 nitrogen and oxygen atoms in total. The molecule has 1 atom stereocenters. The van der Waals surface area contributed by atoms with E-state index in [2.05, 4.69) is 91.6 Å². The second-order valence-electron chi connectivity index (χ2n) is 18.1. The quantitative estimate of drug-likeness (QED) is 0.0663. The molecule has 2 saturated heterocycles. The molecule has 2 aromatic heterocycles. The normalized spacial score (nSPS) is 17.1. The molecule has 4 amide bonds. The number of hydrogen-bond donors (Lipinski definition) is 2. The van der Waals surface area contributed by atoms with Crippen molar-refractivity contribution >= 4 is 52.5 Å². The fourth-order valence-corrected chi connectivity index (χ4v) is 9.60. The molecular formula is C57H53N9O4. The number of carbonyl (C=O) groups excluding carboxylic acids is 4. The molecular weight excluding hydrogens is 875 g/mol. The summed E-state index contributed by atoms with van der Waals surface area (Å²) in [7, 11) is 1.87. The number of piperidine rings is 1. The van der Waals surface area contributed by atoms with Gasteiger partial charge in [-0.05, 0) is 91.0 Å². The van der Waals surface area contributed by atoms with E-state index in [0.29, 0.717) is 49.4 Å². The highest BCUT2D eigenvalue weighted by Crippen LogP contribution is 2.31. The Labute approximate surface area is 408 Å². The molecule has 4 aromatic carbocycles. The van der Waals surface area contributed by atoms with Crippen molar-refractivity contribution in [1.29, 1.82) is 0 Å². The Morgan fingerprint density at radius 3 is 2.36 bits per heavy atom. The lowest BCUT2D eigenvalue weighted by Gasteiger charge is -2.33. The van der Waals surface area contributed by atoms with Crippen molar-refractivity contribution in [3.05, 3.63) is 153 Å². The average Bonchev–Trinajstić information content (AvgIpc) is 3.73. The van der Waals surface area contributed by atoms with Crippen LogP contribution in [0.5, 0.6) is 0 Å². The Bertz CT molecular complexity index is 3150. The highest BCUT2D eigenvalue weighted by Gasteiger charge is 2.39. The lowest BCUT2D eigenvalue weighted by atomic mass is 10.0. The van der Waals surface area contributed by atoms with Gasteiger partial charge >= 0.3 is 0 Å². The first kappa shape index (κ1) is 45.8. The van der Waals surface area contributed by atoms with E-state index < -0.39 is 11.9 Å². The van der Waals surface area contributed by atoms with Crippen LogP contribution >= 0.6 is 0 Å². The minimum Gasteiger partial charge on any atom is -0.373 e. The highest BCUT2D eigenvalue weighted by molar-refractivity contribution is 6.05. The maximum atomic E-state index is 13.7. The molecule has 1 unspecified atom stereocenters. The summed E-state index contributed by atoms with van der Waals surface area (Å²) in [4.78, 5) is 73.6. The first-order chi connectivity index (χ1) is 34.3. The second-order valence-corrected chi connectivity index (χ2v) is 18.1. The third-order valence-corrected chi connectivity index (χ3v) is 13.6. The van der Waals surface area contributed by atoms with E-state index in [4.69, 9.17) is 9.97 Å². The van der Waals surface area contributed by atoms with Gasteiger partial charge in [0.2, 0.25) is 11.8 Å². The predicted molar refractivity (Wildman–Crippen MR) is 271 cm³/mol. The van der Waals surface area contributed by atoms with E-state index in [1.54, 1.807) is 17.2 Å². The van der Waals surface area contributed by atoms with Crippen molar-refractivity contribution in [2.45, 2.75) is 51.2 Å². The van der Waals surface area contributed by atoms with Gasteiger partial charge in [0.15, 0.2) is 5.82 Å². The van der Waals surface area contributed by atoms with E-state index >= 15 is 0 Å². The molecule has 6 heterocycles. The molecule has 6 aromatic rings. The van der Waals surface area contributed by atoms with Crippen LogP contribution in [0.3, 0.4) is 0 Å². The van der Waals surface area contributed by atoms with Crippen LogP contribution in [-0.4, -0.2) is 117 Å². The average molecular weight is 928 g/mol. The fourth-order valence-electron chi connectivity index (χ4n) is 9.60. The van der Waals surface area contributed by atoms with Gasteiger partial charge < -0.3 is 20.0 Å². The van der Waals surface area contributed by atoms with Crippen LogP contribution in [-0.2, 0) is 29.1 Å². The number of nitrogens with zero attached hydrogens (tertiary/aromatic N) is 7. The zero-order chi connectivity index (χ0) is 48.0. The van der Waals surface area contributed by atoms with Gasteiger partial charge in [0, 0.05) is 104 Å². The number of piperazine rings is 1. The minimum atomic E-state index is -0.633. The van der Waals surface area contributed by atoms with Gasteiger partial charge in [-0.25, -0.2) is 9.97 Å². The van der Waals surface area contributed by atoms with Crippen LogP contribution in [0, 0.1) is 23.7 Å². The molecule has 0 saturated carbocycles. The molecule has 0 aliphatic carbocycles. The van der Waals surface area contributed by atoms with E-state index in [1.807, 2.05) is 72.6 Å². The zero-order valence-electron chi connectivity index (χ0n) is 39.2. The lowest BCUT2D eigenvalue weighted by Crippen LogP contribution is -2.52. The van der Waals surface area contributed by atoms with E-state index in [0.717, 1.165) is 113 Å². The number of carbonyl (C=O) groups is 4. The molecule has 4 aliphatic rings. The molecule has 70 heavy (non-hydrogen) atoms. The van der Waals surface area contributed by atoms with Gasteiger partial charge in [-0.2, -0.15) is 0 Å². The fraction of sp³-hybridized carbons (Fsp3) is 0.281. The molecule has 0 bridgehead atoms. The first-order valence-electron chi connectivity index (χ1n) is 24.1. The Balaban J connectivity index is 0.653. The summed E-state index contributed by atoms with van der Waals surface area (Å²) in [5, 5.41) is 6.63. The van der Waals surface area contributed by atoms with Gasteiger partial charge in [-0.1, -0.05) is 84.4 Å². The number of hydrogen-bond acceptors (Lipinski definition) is 10. The number of amides is 4. The molecule has 0 radical (unpaired) electrons. The smallest absolute Gasteiger partial charge is 0.255 e. The number of unbranched alkanes of at least 4 members (excludes halogenated alkanes) is 1. The number of rotatable bonds is 10. The number of fused-ring (bicyclic) bond motifs is 3. The van der Waals surface area contributed by atoms with Gasteiger partial charge in [-0.3, -0.25) is 34.4 Å². The van der Waals surface area contributed by atoms with Gasteiger partial charge in [0.1, 0.15) is 11.9 Å². The van der Waals surface area contributed by atoms with Crippen LogP contribution in [0.25, 0.3) is 34.4 Å². The molecule has 4 aliphatic heterocycles. The van der Waals surface area contributed by atoms with Crippen molar-refractivity contribution < 1.29 is 19.2 Å². The second kappa shape index (κ2) is 20.7. The Hall–Kier alpha value is -7.97. The summed E-state index contributed by atoms with van der Waals surface area (Å²) in [6, 6.07) is 31.0. The number of para-hydroxylation sites is 1. The van der Waals surface area contributed by atoms with Crippen LogP contribution in [0.4, 0.5) is 5.82 Å². The topological polar surface area (TPSA) is 144 Å². The van der Waals surface area contributed by atoms with Crippen LogP contribution in [0.1, 0.15) is 85.5 Å². The van der Waals surface area contributed by atoms with Crippen LogP contribution in [0.15, 0.2) is 103 Å². The van der Waals surface area contributed by atoms with Gasteiger partial charge in [0.05, 0.1) is 24.3 Å². The minimum absolute atomic E-state index is 0.0218. The Morgan fingerprint density at radius 1 is 0.800 bits per heavy atom. The number of nitrogens with one attached hydrogen (secondary N) is 2. The molecule has 0 spiro atoms. The summed E-state index contributed by atoms with van der Waals surface area (Å²) >= 11 is 0. The number of anilines is 1. The number of aromatic nitrogens is 3. The predicted octanol–water partition coefficient (Wildman–Crippen LogP) is 6.66. The summed E-state index contributed by atoms with van der Waals surface area (Å²) in [6.45, 7) is 6.96. The maximum absolute atomic E-state index is 13.7. The molecule has 350 valence electrons. The summed E-state index contributed by atoms with van der Waals surface area (Å²) in [5.74, 6) is 13.8. The maximum Gasteiger partial charge on any atom is 0.255 e. The van der Waals surface area contributed by atoms with Crippen LogP contribution in [0.2, 0.25) is 0 Å². The van der Waals surface area contributed by atoms with Crippen molar-refractivity contribution in [2.75, 3.05) is 58.2 Å². The molecule has 13 heteroatoms. The largest absolute Gasteiger partial charge is 0.373 e. The van der Waals surface area contributed by atoms with Crippen molar-refractivity contribution in [2.24, 2.45) is 0 Å². The summed E-state index contributed by atoms with van der Waals surface area (Å²) in [6.07, 6.45) is 8.89. The lowest BCUT2D eigenvalue weighted by molar-refractivity contribution is -0.136. The zero-order valence-corrected chi connectivity index (χ0v) is 39.2. The summed E-state index contributed by atoms with van der Waals surface area (Å²) in [5.41, 5.74) is 9.61. The molecule has 2 N–H and O–H groups in total. The van der Waals surface area contributed by atoms with Crippen molar-refractivity contribution in [3.8, 4) is 35.1 Å². The van der Waals surface area contributed by atoms with E-state index in [1.165, 1.54) is 0 Å². The third-order valence-electron chi connectivity index (χ3n) is 13.6. The monoisotopic (exact) mass is 927 g/mol. The first-order valence-corrected chi connectivity index (χ1v) is 24.1. The third kappa shape index (κ3) is 10.2. The van der Waals surface area contributed by atoms with E-state index in [9.17, 15) is 19.2 Å². The number of pyridine rings is 1. The Morgan fingerprint density at radius 2 is 1.57 bits per heavy atom. The standard InChI is InChI=1S/C57H53N9O4/c1-58-54-47-27-30-65(38-50(47)60-53(62-54)45-35-44-11-4-5-14-49(44)59-36-45)56(69)43-23-21-41(22-24-43)20-19-40-17-15-39(16-18-40)9-8-29-64-33-31-63(32-34-64)28-6-2-3-10-42-12-7-13-46-48(42)37-66(57(46)70)51-25-26-52(67)61-55(51)68/h4-5,7,11-24,35-36,51H,2,6,25-34,37-38H2,1H3,(H,58,60,62)(H,61,67,68)/b20-19+. The van der Waals surface area contributed by atoms with Crippen molar-refractivity contribution in [3.63, 3.8) is 0 Å². The summed E-state index contributed by atoms with van der Waals surface area (Å²) < 4.78 is 0. The highest BCUT2D eigenvalue weighted by atomic mass is 16.2. The number of benzene rings is 4. The van der Waals surface area contributed by atoms with E-state index in [-0.39, 0.29) is 24.1 Å². The SMILES string of the molecule is CNc1nc(-c2cnc3ccccc3c2)nc2c1CCN(C(=O)c1ccc(/C=C/c3ccc(C#CCN4CCN(CCCC#Cc5cccc6c5CN(C5CCC(=O)NC5=O)C6=O)CC4)cc3)cc1)C2.